The standard InChI is InChI=1S/C19H24N2O3S/c1-13(2)25(22,23)21-19-12-24-11-18(19)16-6-4-15(5-7-16)17-8-14(3)9-20-10-17/h4-10,13,18-19,21H,11-12H2,1-3H3/t18-,19-/m0/s1. The number of aryl methyl sites for hydroxylation is 1. The van der Waals surface area contributed by atoms with Crippen molar-refractivity contribution in [2.24, 2.45) is 0 Å². The highest BCUT2D eigenvalue weighted by molar-refractivity contribution is 7.90. The van der Waals surface area contributed by atoms with Crippen molar-refractivity contribution >= 4 is 10.0 Å². The molecule has 1 N–H and O–H groups in total. The van der Waals surface area contributed by atoms with Crippen molar-refractivity contribution in [1.82, 2.24) is 9.71 Å². The fourth-order valence-electron chi connectivity index (χ4n) is 2.98. The lowest BCUT2D eigenvalue weighted by Crippen LogP contribution is -2.42. The summed E-state index contributed by atoms with van der Waals surface area (Å²) in [7, 11) is -3.32. The molecule has 1 saturated heterocycles. The van der Waals surface area contributed by atoms with Gasteiger partial charge in [-0.1, -0.05) is 24.3 Å². The second kappa shape index (κ2) is 7.23. The van der Waals surface area contributed by atoms with E-state index in [1.165, 1.54) is 0 Å². The minimum atomic E-state index is -3.32. The van der Waals surface area contributed by atoms with Crippen molar-refractivity contribution in [3.63, 3.8) is 0 Å². The van der Waals surface area contributed by atoms with Crippen molar-refractivity contribution < 1.29 is 13.2 Å². The molecule has 2 heterocycles. The van der Waals surface area contributed by atoms with Crippen LogP contribution >= 0.6 is 0 Å². The number of sulfonamides is 1. The molecule has 0 aliphatic carbocycles. The Bertz CT molecular complexity index is 832. The van der Waals surface area contributed by atoms with E-state index >= 15 is 0 Å². The Labute approximate surface area is 149 Å². The van der Waals surface area contributed by atoms with Crippen LogP contribution in [0.15, 0.2) is 42.7 Å². The van der Waals surface area contributed by atoms with Crippen LogP contribution in [-0.2, 0) is 14.8 Å². The van der Waals surface area contributed by atoms with Gasteiger partial charge in [0.1, 0.15) is 0 Å². The minimum Gasteiger partial charge on any atom is -0.379 e. The number of nitrogens with one attached hydrogen (secondary N) is 1. The van der Waals surface area contributed by atoms with Crippen molar-refractivity contribution in [3.8, 4) is 11.1 Å². The molecule has 134 valence electrons. The molecule has 0 unspecified atom stereocenters. The van der Waals surface area contributed by atoms with Gasteiger partial charge >= 0.3 is 0 Å². The normalized spacial score (nSPS) is 21.0. The summed E-state index contributed by atoms with van der Waals surface area (Å²) in [6.07, 6.45) is 3.68. The quantitative estimate of drug-likeness (QED) is 0.890. The molecule has 0 bridgehead atoms. The number of benzene rings is 1. The van der Waals surface area contributed by atoms with Gasteiger partial charge in [-0.15, -0.1) is 0 Å². The van der Waals surface area contributed by atoms with Gasteiger partial charge in [0.2, 0.25) is 10.0 Å². The lowest BCUT2D eigenvalue weighted by molar-refractivity contribution is 0.189. The van der Waals surface area contributed by atoms with Crippen LogP contribution in [0.2, 0.25) is 0 Å². The SMILES string of the molecule is Cc1cncc(-c2ccc([C@@H]3COC[C@@H]3NS(=O)(=O)C(C)C)cc2)c1. The number of ether oxygens (including phenoxy) is 1. The largest absolute Gasteiger partial charge is 0.379 e. The third-order valence-corrected chi connectivity index (χ3v) is 6.44. The van der Waals surface area contributed by atoms with Gasteiger partial charge in [-0.25, -0.2) is 13.1 Å². The Balaban J connectivity index is 1.79. The number of aromatic nitrogens is 1. The Kier molecular flexibility index (Phi) is 5.22. The summed E-state index contributed by atoms with van der Waals surface area (Å²) >= 11 is 0. The van der Waals surface area contributed by atoms with Crippen molar-refractivity contribution in [2.75, 3.05) is 13.2 Å². The van der Waals surface area contributed by atoms with Gasteiger partial charge in [0.25, 0.3) is 0 Å². The molecule has 1 aromatic heterocycles. The van der Waals surface area contributed by atoms with Crippen LogP contribution in [0.25, 0.3) is 11.1 Å². The van der Waals surface area contributed by atoms with Gasteiger partial charge in [0.05, 0.1) is 24.5 Å². The van der Waals surface area contributed by atoms with Crippen LogP contribution in [0.1, 0.15) is 30.9 Å². The Morgan fingerprint density at radius 3 is 2.48 bits per heavy atom. The van der Waals surface area contributed by atoms with Crippen LogP contribution < -0.4 is 4.72 Å². The van der Waals surface area contributed by atoms with Crippen molar-refractivity contribution in [3.05, 3.63) is 53.9 Å². The zero-order valence-electron chi connectivity index (χ0n) is 14.8. The van der Waals surface area contributed by atoms with Crippen LogP contribution in [-0.4, -0.2) is 37.9 Å². The number of hydrogen-bond acceptors (Lipinski definition) is 4. The number of rotatable bonds is 5. The third kappa shape index (κ3) is 4.08. The lowest BCUT2D eigenvalue weighted by Gasteiger charge is -2.21. The van der Waals surface area contributed by atoms with Gasteiger partial charge in [-0.3, -0.25) is 4.98 Å². The maximum atomic E-state index is 12.2. The summed E-state index contributed by atoms with van der Waals surface area (Å²) in [6.45, 7) is 6.30. The van der Waals surface area contributed by atoms with Crippen LogP contribution in [0.5, 0.6) is 0 Å². The lowest BCUT2D eigenvalue weighted by atomic mass is 9.93. The molecular weight excluding hydrogens is 336 g/mol. The molecule has 0 saturated carbocycles. The van der Waals surface area contributed by atoms with E-state index in [1.54, 1.807) is 13.8 Å². The highest BCUT2D eigenvalue weighted by Crippen LogP contribution is 2.29. The Morgan fingerprint density at radius 2 is 1.84 bits per heavy atom. The van der Waals surface area contributed by atoms with Gasteiger partial charge in [-0.2, -0.15) is 0 Å². The molecule has 6 heteroatoms. The average Bonchev–Trinajstić information content (AvgIpc) is 3.02. The monoisotopic (exact) mass is 360 g/mol. The summed E-state index contributed by atoms with van der Waals surface area (Å²) in [6, 6.07) is 10.1. The first kappa shape index (κ1) is 18.0. The van der Waals surface area contributed by atoms with Crippen molar-refractivity contribution in [1.29, 1.82) is 0 Å². The molecule has 0 spiro atoms. The second-order valence-electron chi connectivity index (χ2n) is 6.84. The van der Waals surface area contributed by atoms with Gasteiger partial charge in [-0.05, 0) is 43.5 Å². The topological polar surface area (TPSA) is 68.3 Å². The maximum Gasteiger partial charge on any atom is 0.214 e. The van der Waals surface area contributed by atoms with Gasteiger partial charge in [0, 0.05) is 23.9 Å². The summed E-state index contributed by atoms with van der Waals surface area (Å²) in [5.74, 6) is 0.0261. The molecular formula is C19H24N2O3S. The molecule has 0 radical (unpaired) electrons. The first-order valence-electron chi connectivity index (χ1n) is 8.47. The van der Waals surface area contributed by atoms with E-state index in [1.807, 2.05) is 31.5 Å². The van der Waals surface area contributed by atoms with E-state index < -0.39 is 15.3 Å². The zero-order chi connectivity index (χ0) is 18.0. The average molecular weight is 360 g/mol. The van der Waals surface area contributed by atoms with Gasteiger partial charge in [0.15, 0.2) is 0 Å². The molecule has 1 fully saturated rings. The fraction of sp³-hybridized carbons (Fsp3) is 0.421. The van der Waals surface area contributed by atoms with Gasteiger partial charge < -0.3 is 4.74 Å². The summed E-state index contributed by atoms with van der Waals surface area (Å²) < 4.78 is 32.7. The molecule has 5 nitrogen and oxygen atoms in total. The van der Waals surface area contributed by atoms with E-state index in [0.717, 1.165) is 22.3 Å². The predicted molar refractivity (Wildman–Crippen MR) is 98.9 cm³/mol. The third-order valence-electron chi connectivity index (χ3n) is 4.56. The predicted octanol–water partition coefficient (Wildman–Crippen LogP) is 2.87. The minimum absolute atomic E-state index is 0.0261. The smallest absolute Gasteiger partial charge is 0.214 e. The van der Waals surface area contributed by atoms with E-state index in [0.29, 0.717) is 13.2 Å². The van der Waals surface area contributed by atoms with E-state index in [-0.39, 0.29) is 12.0 Å². The number of hydrogen-bond donors (Lipinski definition) is 1. The highest BCUT2D eigenvalue weighted by Gasteiger charge is 2.33. The van der Waals surface area contributed by atoms with Crippen LogP contribution in [0.4, 0.5) is 0 Å². The summed E-state index contributed by atoms with van der Waals surface area (Å²) in [4.78, 5) is 4.23. The molecule has 2 atom stereocenters. The second-order valence-corrected chi connectivity index (χ2v) is 9.10. The van der Waals surface area contributed by atoms with E-state index in [2.05, 4.69) is 27.9 Å². The summed E-state index contributed by atoms with van der Waals surface area (Å²) in [5, 5.41) is -0.454. The fourth-order valence-corrected chi connectivity index (χ4v) is 3.91. The first-order chi connectivity index (χ1) is 11.9. The molecule has 25 heavy (non-hydrogen) atoms. The molecule has 0 amide bonds. The van der Waals surface area contributed by atoms with E-state index in [4.69, 9.17) is 4.74 Å². The van der Waals surface area contributed by atoms with E-state index in [9.17, 15) is 8.42 Å². The maximum absolute atomic E-state index is 12.2. The van der Waals surface area contributed by atoms with Crippen LogP contribution in [0.3, 0.4) is 0 Å². The van der Waals surface area contributed by atoms with Crippen LogP contribution in [0, 0.1) is 6.92 Å². The molecule has 1 aliphatic heterocycles. The Morgan fingerprint density at radius 1 is 1.12 bits per heavy atom. The molecule has 2 aromatic rings. The molecule has 1 aliphatic rings. The molecule has 3 rings (SSSR count). The highest BCUT2D eigenvalue weighted by atomic mass is 32.2. The number of pyridine rings is 1. The first-order valence-corrected chi connectivity index (χ1v) is 10.0. The summed E-state index contributed by atoms with van der Waals surface area (Å²) in [5.41, 5.74) is 4.37. The molecule has 1 aromatic carbocycles. The van der Waals surface area contributed by atoms with Crippen molar-refractivity contribution in [2.45, 2.75) is 38.0 Å². The Hall–Kier alpha value is -1.76. The zero-order valence-corrected chi connectivity index (χ0v) is 15.6. The number of nitrogens with zero attached hydrogens (tertiary/aromatic N) is 1.